The number of carbonyl (C=O) groups excluding carboxylic acids is 6. The van der Waals surface area contributed by atoms with Crippen molar-refractivity contribution >= 4 is 145 Å². The van der Waals surface area contributed by atoms with Crippen molar-refractivity contribution in [1.29, 1.82) is 0 Å². The highest BCUT2D eigenvalue weighted by Gasteiger charge is 2.47. The normalized spacial score (nSPS) is 28.4. The number of rotatable bonds is 51. The van der Waals surface area contributed by atoms with Gasteiger partial charge in [0, 0.05) is 126 Å². The maximum absolute atomic E-state index is 13.1. The van der Waals surface area contributed by atoms with Crippen LogP contribution in [0, 0.1) is 20.8 Å². The number of nitrogens with zero attached hydrogens (tertiary/aromatic N) is 2. The van der Waals surface area contributed by atoms with Crippen molar-refractivity contribution in [3.63, 3.8) is 0 Å². The van der Waals surface area contributed by atoms with Crippen molar-refractivity contribution in [2.45, 2.75) is 183 Å². The standard InChI is InChI=1S/C65H112N8O28S10/c1-34-37(27-108-106-21-5-7-44(78)66-9-15-72(17-11-68-46(80)30-102-62-58(92)54(88)50(84)40(23-74)98-62)18-12-69-47(81)31-103-63-59(93)55(89)51(85)41(24-75)99-63)35(2)39(29-110-111(4,96)97)36(3)38(34)28-109-107-22-6-8-45(79)67-10-16-73(19-13-70-48(82)32-104-64-60(94)56(90)52(86)42(25-76)100-64)20-14-71-49(83)33-105-65-61(95)57(91)53(87)43(26-77)101-65/h40-43,50-65,74-77,84-95H,5-33H2,1-4H3,(H,66,78)(H,67,79)(H,68,80)(H,69,81)(H,70,82)(H,71,83)/t40-,41-,42-,43-,50+,51+,52+,53+,54+,55+,56+,57+,58-,59-,60-,61-,62?,63?,64?,65?/m1/s1. The number of hydrogen-bond acceptors (Lipinski definition) is 39. The van der Waals surface area contributed by atoms with Gasteiger partial charge in [-0.25, -0.2) is 8.42 Å². The molecule has 22 N–H and O–H groups in total. The van der Waals surface area contributed by atoms with Gasteiger partial charge < -0.3 is 133 Å². The number of amides is 6. The predicted molar refractivity (Wildman–Crippen MR) is 429 cm³/mol. The Morgan fingerprint density at radius 1 is 0.351 bits per heavy atom. The summed E-state index contributed by atoms with van der Waals surface area (Å²) in [6, 6.07) is 0. The maximum atomic E-state index is 13.1. The van der Waals surface area contributed by atoms with Gasteiger partial charge in [0.05, 0.1) is 49.4 Å². The average molecular weight is 1770 g/mol. The van der Waals surface area contributed by atoms with Crippen molar-refractivity contribution in [2.75, 3.05) is 146 Å². The molecule has 0 aliphatic carbocycles. The van der Waals surface area contributed by atoms with Gasteiger partial charge >= 0.3 is 0 Å². The van der Waals surface area contributed by atoms with E-state index in [1.165, 1.54) is 6.26 Å². The molecule has 6 amide bonds. The Bertz CT molecular complexity index is 2830. The van der Waals surface area contributed by atoms with Gasteiger partial charge in [-0.15, -0.1) is 47.0 Å². The molecule has 0 aromatic heterocycles. The zero-order chi connectivity index (χ0) is 82.1. The molecule has 4 unspecified atom stereocenters. The summed E-state index contributed by atoms with van der Waals surface area (Å²) < 4.78 is 46.8. The summed E-state index contributed by atoms with van der Waals surface area (Å²) in [6.45, 7) is 6.19. The summed E-state index contributed by atoms with van der Waals surface area (Å²) in [7, 11) is 3.94. The van der Waals surface area contributed by atoms with Gasteiger partial charge in [-0.3, -0.25) is 38.6 Å². The van der Waals surface area contributed by atoms with E-state index in [1.807, 2.05) is 23.6 Å². The molecule has 20 atom stereocenters. The molecule has 1 aromatic carbocycles. The van der Waals surface area contributed by atoms with Crippen LogP contribution in [-0.2, 0) is 73.8 Å². The van der Waals surface area contributed by atoms with Gasteiger partial charge in [0.1, 0.15) is 119 Å². The third kappa shape index (κ3) is 33.8. The van der Waals surface area contributed by atoms with Gasteiger partial charge in [-0.05, 0) is 77.8 Å². The number of benzene rings is 1. The van der Waals surface area contributed by atoms with E-state index in [-0.39, 0.29) is 119 Å². The van der Waals surface area contributed by atoms with Crippen LogP contribution in [0.25, 0.3) is 0 Å². The highest BCUT2D eigenvalue weighted by Crippen LogP contribution is 2.40. The van der Waals surface area contributed by atoms with E-state index in [4.69, 9.17) is 18.9 Å². The van der Waals surface area contributed by atoms with Crippen LogP contribution in [0.5, 0.6) is 0 Å². The first-order valence-electron chi connectivity index (χ1n) is 35.9. The molecule has 640 valence electrons. The first-order valence-corrected chi connectivity index (χ1v) is 48.5. The molecule has 0 radical (unpaired) electrons. The number of nitrogens with one attached hydrogen (secondary N) is 6. The zero-order valence-corrected chi connectivity index (χ0v) is 70.2. The lowest BCUT2D eigenvalue weighted by atomic mass is 9.90. The minimum absolute atomic E-state index is 0.126. The first-order chi connectivity index (χ1) is 52.7. The number of aliphatic hydroxyl groups excluding tert-OH is 16. The second kappa shape index (κ2) is 52.3. The summed E-state index contributed by atoms with van der Waals surface area (Å²) in [5.74, 6) is -0.244. The first kappa shape index (κ1) is 99.8. The molecule has 5 rings (SSSR count). The summed E-state index contributed by atoms with van der Waals surface area (Å²) in [5.41, 5.74) is 1.76. The topological polar surface area (TPSA) is 576 Å². The quantitative estimate of drug-likeness (QED) is 0.0213. The van der Waals surface area contributed by atoms with Crippen LogP contribution in [0.1, 0.15) is 59.1 Å². The predicted octanol–water partition coefficient (Wildman–Crippen LogP) is -6.44. The Labute approximate surface area is 682 Å². The smallest absolute Gasteiger partial charge is 0.230 e. The SMILES string of the molecule is Cc1c(CSSCCCC(=O)NCCN(CCNC(=O)CSC2O[C@H](CO)[C@H](O)[C@H](O)[C@H]2O)CCNC(=O)CSC2O[C@H](CO)[C@H](O)[C@H](O)[C@H]2O)c(C)c(CSS(C)(=O)=O)c(C)c1CSSCCCC(=O)NCCN(CCNC(=O)CSC1O[C@H](CO)[C@H](O)[C@H](O)[C@H]1O)CCNC(=O)CSC1O[C@H](CO)[C@H](O)[C@H](O)[C@H]1O. The fourth-order valence-corrected chi connectivity index (χ4v) is 22.1. The molecule has 0 spiro atoms. The molecule has 0 bridgehead atoms. The van der Waals surface area contributed by atoms with Crippen LogP contribution in [0.3, 0.4) is 0 Å². The molecule has 36 nitrogen and oxygen atoms in total. The van der Waals surface area contributed by atoms with Gasteiger partial charge in [-0.2, -0.15) is 0 Å². The molecule has 4 saturated heterocycles. The monoisotopic (exact) mass is 1770 g/mol. The van der Waals surface area contributed by atoms with Crippen LogP contribution in [0.4, 0.5) is 0 Å². The summed E-state index contributed by atoms with van der Waals surface area (Å²) in [6.07, 6.45) is -20.6. The van der Waals surface area contributed by atoms with Crippen LogP contribution in [-0.4, -0.2) is 401 Å². The van der Waals surface area contributed by atoms with Gasteiger partial charge in [0.2, 0.25) is 35.4 Å². The molecule has 4 fully saturated rings. The average Bonchev–Trinajstić information content (AvgIpc) is 0.796. The molecule has 0 saturated carbocycles. The number of ether oxygens (including phenoxy) is 4. The molecular formula is C65H112N8O28S10. The van der Waals surface area contributed by atoms with E-state index in [1.54, 1.807) is 43.2 Å². The van der Waals surface area contributed by atoms with E-state index < -0.39 is 178 Å². The fourth-order valence-electron chi connectivity index (χ4n) is 11.7. The number of aliphatic hydroxyl groups is 16. The van der Waals surface area contributed by atoms with Crippen molar-refractivity contribution in [3.05, 3.63) is 33.4 Å². The second-order valence-electron chi connectivity index (χ2n) is 26.5. The fraction of sp³-hybridized carbons (Fsp3) is 0.815. The van der Waals surface area contributed by atoms with Crippen molar-refractivity contribution in [2.24, 2.45) is 0 Å². The van der Waals surface area contributed by atoms with Crippen LogP contribution < -0.4 is 31.9 Å². The summed E-state index contributed by atoms with van der Waals surface area (Å²) in [5, 5.41) is 178. The minimum atomic E-state index is -3.38. The lowest BCUT2D eigenvalue weighted by Crippen LogP contribution is -2.57. The number of hydrogen-bond donors (Lipinski definition) is 22. The zero-order valence-electron chi connectivity index (χ0n) is 62.1. The van der Waals surface area contributed by atoms with Gasteiger partial charge in [0.25, 0.3) is 0 Å². The van der Waals surface area contributed by atoms with Crippen molar-refractivity contribution < 1.29 is 138 Å². The van der Waals surface area contributed by atoms with Gasteiger partial charge in [0.15, 0.2) is 8.87 Å². The second-order valence-corrected chi connectivity index (χ2v) is 40.4. The third-order valence-corrected chi connectivity index (χ3v) is 30.2. The van der Waals surface area contributed by atoms with E-state index in [0.29, 0.717) is 48.9 Å². The molecule has 1 aromatic rings. The van der Waals surface area contributed by atoms with E-state index >= 15 is 0 Å². The van der Waals surface area contributed by atoms with Crippen molar-refractivity contribution in [3.8, 4) is 0 Å². The lowest BCUT2D eigenvalue weighted by Gasteiger charge is -2.39. The Morgan fingerprint density at radius 2 is 0.586 bits per heavy atom. The van der Waals surface area contributed by atoms with E-state index in [2.05, 4.69) is 38.8 Å². The molecule has 4 aliphatic rings. The van der Waals surface area contributed by atoms with Crippen LogP contribution in [0.2, 0.25) is 0 Å². The van der Waals surface area contributed by atoms with Crippen molar-refractivity contribution in [1.82, 2.24) is 41.7 Å². The van der Waals surface area contributed by atoms with Gasteiger partial charge in [-0.1, -0.05) is 43.2 Å². The number of carbonyl (C=O) groups is 6. The highest BCUT2D eigenvalue weighted by molar-refractivity contribution is 8.76. The minimum Gasteiger partial charge on any atom is -0.394 e. The molecular weight excluding hydrogens is 1660 g/mol. The Morgan fingerprint density at radius 3 is 0.820 bits per heavy atom. The largest absolute Gasteiger partial charge is 0.394 e. The third-order valence-electron chi connectivity index (χ3n) is 18.4. The molecule has 4 heterocycles. The van der Waals surface area contributed by atoms with Crippen LogP contribution >= 0.6 is 101 Å². The molecule has 4 aliphatic heterocycles. The summed E-state index contributed by atoms with van der Waals surface area (Å²) in [4.78, 5) is 81.6. The number of thioether (sulfide) groups is 4. The molecule has 111 heavy (non-hydrogen) atoms. The Balaban J connectivity index is 1.06. The van der Waals surface area contributed by atoms with E-state index in [9.17, 15) is 119 Å². The lowest BCUT2D eigenvalue weighted by molar-refractivity contribution is -0.205. The Kier molecular flexibility index (Phi) is 47.1. The van der Waals surface area contributed by atoms with E-state index in [0.717, 1.165) is 91.2 Å². The maximum Gasteiger partial charge on any atom is 0.230 e. The highest BCUT2D eigenvalue weighted by atomic mass is 33.1. The van der Waals surface area contributed by atoms with Crippen LogP contribution in [0.15, 0.2) is 0 Å². The molecule has 46 heteroatoms. The summed E-state index contributed by atoms with van der Waals surface area (Å²) >= 11 is 3.49. The Hall–Kier alpha value is -1.74.